The third-order valence-electron chi connectivity index (χ3n) is 4.12. The summed E-state index contributed by atoms with van der Waals surface area (Å²) in [5, 5.41) is 8.79. The van der Waals surface area contributed by atoms with Crippen molar-refractivity contribution in [2.75, 3.05) is 26.4 Å². The lowest BCUT2D eigenvalue weighted by Gasteiger charge is -2.35. The van der Waals surface area contributed by atoms with E-state index in [9.17, 15) is 4.79 Å². The lowest BCUT2D eigenvalue weighted by Crippen LogP contribution is -2.45. The second-order valence-electron chi connectivity index (χ2n) is 5.65. The van der Waals surface area contributed by atoms with Crippen molar-refractivity contribution < 1.29 is 14.3 Å². The molecule has 1 amide bonds. The lowest BCUT2D eigenvalue weighted by atomic mass is 10.1. The van der Waals surface area contributed by atoms with Crippen LogP contribution < -0.4 is 4.74 Å². The molecule has 124 valence electrons. The van der Waals surface area contributed by atoms with Crippen LogP contribution in [-0.4, -0.2) is 41.7 Å². The van der Waals surface area contributed by atoms with Gasteiger partial charge in [-0.15, -0.1) is 0 Å². The first-order valence-electron chi connectivity index (χ1n) is 7.80. The lowest BCUT2D eigenvalue weighted by molar-refractivity contribution is -0.142. The highest BCUT2D eigenvalue weighted by Gasteiger charge is 2.30. The van der Waals surface area contributed by atoms with E-state index in [1.54, 1.807) is 24.3 Å². The maximum Gasteiger partial charge on any atom is 0.261 e. The molecule has 0 spiro atoms. The van der Waals surface area contributed by atoms with Gasteiger partial charge in [-0.25, -0.2) is 0 Å². The number of hydrogen-bond donors (Lipinski definition) is 0. The third kappa shape index (κ3) is 3.42. The molecule has 6 nitrogen and oxygen atoms in total. The summed E-state index contributed by atoms with van der Waals surface area (Å²) in [6.45, 7) is 1.53. The summed E-state index contributed by atoms with van der Waals surface area (Å²) in [6.07, 6.45) is 1.96. The zero-order valence-electron chi connectivity index (χ0n) is 13.5. The molecular weight excluding hydrogens is 306 g/mol. The minimum Gasteiger partial charge on any atom is -0.484 e. The Kier molecular flexibility index (Phi) is 4.82. The summed E-state index contributed by atoms with van der Waals surface area (Å²) in [6, 6.07) is 12.6. The molecule has 2 aromatic rings. The van der Waals surface area contributed by atoms with Gasteiger partial charge in [-0.3, -0.25) is 4.79 Å². The summed E-state index contributed by atoms with van der Waals surface area (Å²) in [5.41, 5.74) is 1.60. The minimum atomic E-state index is -0.101. The van der Waals surface area contributed by atoms with Crippen LogP contribution in [-0.2, 0) is 16.6 Å². The molecule has 1 saturated heterocycles. The van der Waals surface area contributed by atoms with Gasteiger partial charge in [0, 0.05) is 25.5 Å². The van der Waals surface area contributed by atoms with Crippen LogP contribution in [0.4, 0.5) is 0 Å². The van der Waals surface area contributed by atoms with Gasteiger partial charge in [0.2, 0.25) is 0 Å². The molecule has 1 aliphatic rings. The first kappa shape index (κ1) is 16.1. The molecule has 1 aromatic heterocycles. The molecule has 0 unspecified atom stereocenters. The maximum atomic E-state index is 12.6. The van der Waals surface area contributed by atoms with Crippen molar-refractivity contribution in [1.82, 2.24) is 9.47 Å². The number of nitrogens with zero attached hydrogens (tertiary/aromatic N) is 3. The van der Waals surface area contributed by atoms with Crippen molar-refractivity contribution in [3.8, 4) is 11.8 Å². The van der Waals surface area contributed by atoms with Gasteiger partial charge in [0.1, 0.15) is 5.75 Å². The quantitative estimate of drug-likeness (QED) is 0.861. The maximum absolute atomic E-state index is 12.6. The van der Waals surface area contributed by atoms with Gasteiger partial charge in [0.15, 0.2) is 6.61 Å². The van der Waals surface area contributed by atoms with Crippen LogP contribution in [0.15, 0.2) is 42.6 Å². The number of hydrogen-bond acceptors (Lipinski definition) is 4. The highest BCUT2D eigenvalue weighted by molar-refractivity contribution is 5.78. The van der Waals surface area contributed by atoms with Crippen molar-refractivity contribution in [2.24, 2.45) is 7.05 Å². The number of nitriles is 1. The molecule has 1 aliphatic heterocycles. The van der Waals surface area contributed by atoms with Crippen LogP contribution in [0.1, 0.15) is 17.3 Å². The Morgan fingerprint density at radius 3 is 2.83 bits per heavy atom. The molecule has 0 radical (unpaired) electrons. The van der Waals surface area contributed by atoms with Crippen LogP contribution in [0.25, 0.3) is 0 Å². The highest BCUT2D eigenvalue weighted by Crippen LogP contribution is 2.24. The van der Waals surface area contributed by atoms with Gasteiger partial charge in [0.25, 0.3) is 5.91 Å². The Hall–Kier alpha value is -2.78. The second kappa shape index (κ2) is 7.20. The molecule has 6 heteroatoms. The number of carbonyl (C=O) groups excluding carboxylic acids is 1. The summed E-state index contributed by atoms with van der Waals surface area (Å²) in [7, 11) is 1.96. The van der Waals surface area contributed by atoms with E-state index < -0.39 is 0 Å². The van der Waals surface area contributed by atoms with Gasteiger partial charge in [-0.1, -0.05) is 0 Å². The van der Waals surface area contributed by atoms with Crippen molar-refractivity contribution >= 4 is 5.91 Å². The average molecular weight is 325 g/mol. The van der Waals surface area contributed by atoms with E-state index in [1.807, 2.05) is 34.8 Å². The highest BCUT2D eigenvalue weighted by atomic mass is 16.5. The van der Waals surface area contributed by atoms with Crippen molar-refractivity contribution in [2.45, 2.75) is 6.04 Å². The molecule has 0 aliphatic carbocycles. The Bertz CT molecular complexity index is 746. The van der Waals surface area contributed by atoms with Crippen molar-refractivity contribution in [1.29, 1.82) is 5.26 Å². The molecule has 24 heavy (non-hydrogen) atoms. The SMILES string of the molecule is Cn1cccc1[C@H]1COCCN1C(=O)COc1ccc(C#N)cc1. The van der Waals surface area contributed by atoms with Gasteiger partial charge < -0.3 is 18.9 Å². The first-order chi connectivity index (χ1) is 11.7. The minimum absolute atomic E-state index is 0.0349. The topological polar surface area (TPSA) is 67.5 Å². The van der Waals surface area contributed by atoms with Crippen molar-refractivity contribution in [3.63, 3.8) is 0 Å². The number of aromatic nitrogens is 1. The zero-order chi connectivity index (χ0) is 16.9. The second-order valence-corrected chi connectivity index (χ2v) is 5.65. The van der Waals surface area contributed by atoms with Crippen LogP contribution >= 0.6 is 0 Å². The summed E-state index contributed by atoms with van der Waals surface area (Å²) < 4.78 is 13.1. The summed E-state index contributed by atoms with van der Waals surface area (Å²) in [5.74, 6) is 0.500. The Morgan fingerprint density at radius 1 is 1.38 bits per heavy atom. The van der Waals surface area contributed by atoms with E-state index in [2.05, 4.69) is 6.07 Å². The third-order valence-corrected chi connectivity index (χ3v) is 4.12. The number of morpholine rings is 1. The smallest absolute Gasteiger partial charge is 0.261 e. The van der Waals surface area contributed by atoms with E-state index in [4.69, 9.17) is 14.7 Å². The number of benzene rings is 1. The van der Waals surface area contributed by atoms with Crippen molar-refractivity contribution in [3.05, 3.63) is 53.9 Å². The number of rotatable bonds is 4. The fourth-order valence-corrected chi connectivity index (χ4v) is 2.82. The first-order valence-corrected chi connectivity index (χ1v) is 7.80. The van der Waals surface area contributed by atoms with E-state index in [0.29, 0.717) is 31.1 Å². The number of aryl methyl sites for hydroxylation is 1. The molecule has 3 rings (SSSR count). The fourth-order valence-electron chi connectivity index (χ4n) is 2.82. The molecular formula is C18H19N3O3. The molecule has 1 aromatic carbocycles. The van der Waals surface area contributed by atoms with Crippen LogP contribution in [0.5, 0.6) is 5.75 Å². The van der Waals surface area contributed by atoms with Gasteiger partial charge in [-0.05, 0) is 36.4 Å². The van der Waals surface area contributed by atoms with E-state index in [0.717, 1.165) is 5.69 Å². The molecule has 0 N–H and O–H groups in total. The number of amides is 1. The number of ether oxygens (including phenoxy) is 2. The summed E-state index contributed by atoms with van der Waals surface area (Å²) >= 11 is 0. The molecule has 2 heterocycles. The fraction of sp³-hybridized carbons (Fsp3) is 0.333. The standard InChI is InChI=1S/C18H19N3O3/c1-20-8-2-3-16(20)17-12-23-10-9-21(17)18(22)13-24-15-6-4-14(11-19)5-7-15/h2-8,17H,9-10,12-13H2,1H3/t17-/m1/s1. The number of carbonyl (C=O) groups is 1. The Balaban J connectivity index is 1.66. The molecule has 0 bridgehead atoms. The van der Waals surface area contributed by atoms with E-state index >= 15 is 0 Å². The van der Waals surface area contributed by atoms with Crippen LogP contribution in [0.3, 0.4) is 0 Å². The normalized spacial score (nSPS) is 17.3. The molecule has 1 atom stereocenters. The largest absolute Gasteiger partial charge is 0.484 e. The zero-order valence-corrected chi connectivity index (χ0v) is 13.5. The predicted octanol–water partition coefficient (Wildman–Crippen LogP) is 1.88. The van der Waals surface area contributed by atoms with E-state index in [1.165, 1.54) is 0 Å². The van der Waals surface area contributed by atoms with Crippen LogP contribution in [0.2, 0.25) is 0 Å². The van der Waals surface area contributed by atoms with Gasteiger partial charge in [-0.2, -0.15) is 5.26 Å². The molecule has 0 saturated carbocycles. The average Bonchev–Trinajstić information content (AvgIpc) is 3.06. The Labute approximate surface area is 140 Å². The monoisotopic (exact) mass is 325 g/mol. The van der Waals surface area contributed by atoms with E-state index in [-0.39, 0.29) is 18.6 Å². The van der Waals surface area contributed by atoms with Gasteiger partial charge >= 0.3 is 0 Å². The van der Waals surface area contributed by atoms with Crippen LogP contribution in [0, 0.1) is 11.3 Å². The predicted molar refractivity (Wildman–Crippen MR) is 87.3 cm³/mol. The molecule has 1 fully saturated rings. The van der Waals surface area contributed by atoms with Gasteiger partial charge in [0.05, 0.1) is 30.9 Å². The Morgan fingerprint density at radius 2 is 2.17 bits per heavy atom. The summed E-state index contributed by atoms with van der Waals surface area (Å²) in [4.78, 5) is 14.4.